The fourth-order valence-corrected chi connectivity index (χ4v) is 4.43. The number of aliphatic hydroxyl groups is 1. The number of nitrogens with one attached hydrogen (secondary N) is 1. The highest BCUT2D eigenvalue weighted by Crippen LogP contribution is 2.40. The third kappa shape index (κ3) is 3.45. The number of carboxylic acid groups (broad SMARTS) is 1. The smallest absolute Gasteiger partial charge is 0.352 e. The largest absolute Gasteiger partial charge is 0.477 e. The van der Waals surface area contributed by atoms with Crippen LogP contribution in [0, 0.1) is 0 Å². The number of nitrogens with two attached hydrogens (primary N) is 1. The Hall–Kier alpha value is -1.82. The number of thioether (sulfide) groups is 1. The molecule has 2 aliphatic rings. The van der Waals surface area contributed by atoms with Gasteiger partial charge < -0.3 is 21.3 Å². The first kappa shape index (κ1) is 19.5. The van der Waals surface area contributed by atoms with Gasteiger partial charge in [0.25, 0.3) is 11.8 Å². The third-order valence-electron chi connectivity index (χ3n) is 3.63. The van der Waals surface area contributed by atoms with E-state index in [1.165, 1.54) is 23.2 Å². The van der Waals surface area contributed by atoms with Gasteiger partial charge in [0.05, 0.1) is 5.69 Å². The Kier molecular flexibility index (Phi) is 5.62. The highest BCUT2D eigenvalue weighted by atomic mass is 35.5. The van der Waals surface area contributed by atoms with Gasteiger partial charge in [-0.1, -0.05) is 0 Å². The van der Waals surface area contributed by atoms with Gasteiger partial charge in [0, 0.05) is 10.6 Å². The number of amides is 2. The molecule has 1 aromatic rings. The molecule has 25 heavy (non-hydrogen) atoms. The van der Waals surface area contributed by atoms with Crippen molar-refractivity contribution in [3.05, 3.63) is 22.8 Å². The third-order valence-corrected chi connectivity index (χ3v) is 5.65. The lowest BCUT2D eigenvalue weighted by Gasteiger charge is -2.49. The predicted octanol–water partition coefficient (Wildman–Crippen LogP) is -0.0626. The number of fused-ring (bicyclic) bond motifs is 1. The fraction of sp³-hybridized carbons (Fsp3) is 0.385. The Morgan fingerprint density at radius 3 is 2.72 bits per heavy atom. The SMILES string of the molecule is CC1C=C(C(=O)O)N2C(=O)C(NC(=O)C(O)c3csc(N)n3)[C@@H]2S1.Cl. The number of nitrogen functional groups attached to an aromatic ring is 1. The molecule has 3 unspecified atom stereocenters. The average Bonchev–Trinajstić information content (AvgIpc) is 2.96. The molecular formula is C13H15ClN4O5S2. The van der Waals surface area contributed by atoms with E-state index in [4.69, 9.17) is 5.73 Å². The molecule has 0 aromatic carbocycles. The Morgan fingerprint density at radius 2 is 2.16 bits per heavy atom. The highest BCUT2D eigenvalue weighted by molar-refractivity contribution is 8.00. The lowest BCUT2D eigenvalue weighted by molar-refractivity contribution is -0.151. The van der Waals surface area contributed by atoms with Crippen LogP contribution < -0.4 is 11.1 Å². The number of hydrogen-bond acceptors (Lipinski definition) is 8. The lowest BCUT2D eigenvalue weighted by atomic mass is 10.0. The van der Waals surface area contributed by atoms with Crippen LogP contribution in [0.5, 0.6) is 0 Å². The Labute approximate surface area is 156 Å². The summed E-state index contributed by atoms with van der Waals surface area (Å²) in [5, 5.41) is 22.7. The molecule has 0 radical (unpaired) electrons. The minimum atomic E-state index is -1.54. The Bertz CT molecular complexity index is 755. The molecular weight excluding hydrogens is 392 g/mol. The number of aliphatic carboxylic acids is 1. The molecule has 0 aliphatic carbocycles. The van der Waals surface area contributed by atoms with Crippen molar-refractivity contribution >= 4 is 58.4 Å². The number of aliphatic hydroxyl groups excluding tert-OH is 1. The molecule has 1 saturated heterocycles. The van der Waals surface area contributed by atoms with Gasteiger partial charge in [-0.15, -0.1) is 35.5 Å². The zero-order valence-electron chi connectivity index (χ0n) is 12.8. The molecule has 9 nitrogen and oxygen atoms in total. The van der Waals surface area contributed by atoms with Crippen molar-refractivity contribution in [3.63, 3.8) is 0 Å². The van der Waals surface area contributed by atoms with E-state index < -0.39 is 35.3 Å². The quantitative estimate of drug-likeness (QED) is 0.508. The fourth-order valence-electron chi connectivity index (χ4n) is 2.52. The zero-order valence-corrected chi connectivity index (χ0v) is 15.2. The highest BCUT2D eigenvalue weighted by Gasteiger charge is 2.54. The van der Waals surface area contributed by atoms with Crippen LogP contribution in [0.4, 0.5) is 5.13 Å². The molecule has 2 aliphatic heterocycles. The van der Waals surface area contributed by atoms with Crippen LogP contribution in [0.3, 0.4) is 0 Å². The zero-order chi connectivity index (χ0) is 17.6. The maximum Gasteiger partial charge on any atom is 0.352 e. The van der Waals surface area contributed by atoms with Crippen LogP contribution in [-0.2, 0) is 14.4 Å². The van der Waals surface area contributed by atoms with E-state index in [0.717, 1.165) is 16.2 Å². The van der Waals surface area contributed by atoms with Crippen molar-refractivity contribution in [1.29, 1.82) is 0 Å². The monoisotopic (exact) mass is 406 g/mol. The van der Waals surface area contributed by atoms with Gasteiger partial charge in [-0.05, 0) is 13.0 Å². The van der Waals surface area contributed by atoms with Crippen molar-refractivity contribution < 1.29 is 24.6 Å². The van der Waals surface area contributed by atoms with Crippen LogP contribution in [0.15, 0.2) is 17.2 Å². The number of β-lactam (4-membered cyclic amide) rings is 1. The summed E-state index contributed by atoms with van der Waals surface area (Å²) in [6.45, 7) is 1.81. The molecule has 0 saturated carbocycles. The van der Waals surface area contributed by atoms with E-state index in [2.05, 4.69) is 10.3 Å². The number of carbonyl (C=O) groups is 3. The summed E-state index contributed by atoms with van der Waals surface area (Å²) in [7, 11) is 0. The summed E-state index contributed by atoms with van der Waals surface area (Å²) in [4.78, 5) is 40.5. The second kappa shape index (κ2) is 7.20. The van der Waals surface area contributed by atoms with E-state index in [9.17, 15) is 24.6 Å². The van der Waals surface area contributed by atoms with Crippen LogP contribution in [0.25, 0.3) is 0 Å². The predicted molar refractivity (Wildman–Crippen MR) is 94.1 cm³/mol. The lowest BCUT2D eigenvalue weighted by Crippen LogP contribution is -2.70. The Morgan fingerprint density at radius 1 is 1.48 bits per heavy atom. The van der Waals surface area contributed by atoms with Crippen molar-refractivity contribution in [3.8, 4) is 0 Å². The standard InChI is InChI=1S/C13H14N4O5S2.ClH/c1-4-2-6(12(21)22)17-10(20)7(11(17)24-4)16-9(19)8(18)5-3-23-13(14)15-5;/h2-4,7-8,11,18H,1H3,(H2,14,15)(H,16,19)(H,21,22);1H/t4?,7?,8?,11-;/m0./s1. The van der Waals surface area contributed by atoms with E-state index in [1.807, 2.05) is 0 Å². The summed E-state index contributed by atoms with van der Waals surface area (Å²) in [5.41, 5.74) is 5.48. The number of carbonyl (C=O) groups excluding carboxylic acids is 2. The molecule has 2 amide bonds. The van der Waals surface area contributed by atoms with Gasteiger partial charge in [0.1, 0.15) is 17.1 Å². The van der Waals surface area contributed by atoms with E-state index in [-0.39, 0.29) is 34.2 Å². The number of carboxylic acids is 1. The normalized spacial score (nSPS) is 25.8. The van der Waals surface area contributed by atoms with Gasteiger partial charge in [-0.25, -0.2) is 9.78 Å². The molecule has 1 fully saturated rings. The van der Waals surface area contributed by atoms with E-state index >= 15 is 0 Å². The number of hydrogen-bond donors (Lipinski definition) is 4. The van der Waals surface area contributed by atoms with Crippen molar-refractivity contribution in [1.82, 2.24) is 15.2 Å². The molecule has 3 rings (SSSR count). The van der Waals surface area contributed by atoms with E-state index in [1.54, 1.807) is 6.92 Å². The summed E-state index contributed by atoms with van der Waals surface area (Å²) in [6, 6.07) is -0.890. The summed E-state index contributed by atoms with van der Waals surface area (Å²) in [6.07, 6.45) is -0.0484. The number of nitrogens with zero attached hydrogens (tertiary/aromatic N) is 2. The van der Waals surface area contributed by atoms with Gasteiger partial charge in [-0.2, -0.15) is 0 Å². The van der Waals surface area contributed by atoms with Gasteiger partial charge >= 0.3 is 5.97 Å². The van der Waals surface area contributed by atoms with Gasteiger partial charge in [0.2, 0.25) is 0 Å². The number of halogens is 1. The molecule has 0 bridgehead atoms. The summed E-state index contributed by atoms with van der Waals surface area (Å²) >= 11 is 2.44. The minimum Gasteiger partial charge on any atom is -0.477 e. The molecule has 12 heteroatoms. The van der Waals surface area contributed by atoms with Crippen molar-refractivity contribution in [2.45, 2.75) is 29.7 Å². The molecule has 1 aromatic heterocycles. The molecule has 5 N–H and O–H groups in total. The van der Waals surface area contributed by atoms with Crippen LogP contribution in [0.2, 0.25) is 0 Å². The first-order valence-corrected chi connectivity index (χ1v) is 8.75. The number of aromatic nitrogens is 1. The first-order valence-electron chi connectivity index (χ1n) is 6.92. The second-order valence-corrected chi connectivity index (χ2v) is 7.68. The minimum absolute atomic E-state index is 0. The molecule has 3 heterocycles. The van der Waals surface area contributed by atoms with Crippen LogP contribution >= 0.6 is 35.5 Å². The number of thiazole rings is 1. The maximum absolute atomic E-state index is 12.2. The van der Waals surface area contributed by atoms with Crippen molar-refractivity contribution in [2.75, 3.05) is 5.73 Å². The molecule has 0 spiro atoms. The molecule has 136 valence electrons. The van der Waals surface area contributed by atoms with Crippen molar-refractivity contribution in [2.24, 2.45) is 0 Å². The van der Waals surface area contributed by atoms with E-state index in [0.29, 0.717) is 0 Å². The van der Waals surface area contributed by atoms with Crippen LogP contribution in [0.1, 0.15) is 18.7 Å². The second-order valence-electron chi connectivity index (χ2n) is 5.30. The number of anilines is 1. The molecule has 4 atom stereocenters. The first-order chi connectivity index (χ1) is 11.3. The van der Waals surface area contributed by atoms with Gasteiger partial charge in [-0.3, -0.25) is 14.5 Å². The maximum atomic E-state index is 12.2. The Balaban J connectivity index is 0.00000225. The number of rotatable bonds is 4. The topological polar surface area (TPSA) is 146 Å². The summed E-state index contributed by atoms with van der Waals surface area (Å²) < 4.78 is 0. The van der Waals surface area contributed by atoms with Crippen LogP contribution in [-0.4, -0.2) is 54.5 Å². The summed E-state index contributed by atoms with van der Waals surface area (Å²) in [5.74, 6) is -2.49. The average molecular weight is 407 g/mol. The van der Waals surface area contributed by atoms with Gasteiger partial charge in [0.15, 0.2) is 11.2 Å².